The molecule has 1 fully saturated rings. The van der Waals surface area contributed by atoms with Crippen molar-refractivity contribution in [3.63, 3.8) is 0 Å². The lowest BCUT2D eigenvalue weighted by Gasteiger charge is -2.35. The molecular weight excluding hydrogens is 370 g/mol. The van der Waals surface area contributed by atoms with E-state index >= 15 is 0 Å². The van der Waals surface area contributed by atoms with Crippen molar-refractivity contribution in [1.82, 2.24) is 20.1 Å². The van der Waals surface area contributed by atoms with E-state index in [0.717, 1.165) is 48.0 Å². The van der Waals surface area contributed by atoms with Crippen LogP contribution in [-0.4, -0.2) is 52.2 Å². The summed E-state index contributed by atoms with van der Waals surface area (Å²) in [5, 5.41) is 11.5. The van der Waals surface area contributed by atoms with Crippen molar-refractivity contribution in [2.45, 2.75) is 19.3 Å². The molecule has 0 radical (unpaired) electrons. The molecule has 3 heterocycles. The molecule has 0 N–H and O–H groups in total. The number of aromatic nitrogens is 3. The smallest absolute Gasteiger partial charge is 0.273 e. The zero-order valence-electron chi connectivity index (χ0n) is 15.5. The van der Waals surface area contributed by atoms with Crippen LogP contribution in [0.5, 0.6) is 0 Å². The largest absolute Gasteiger partial charge is 0.352 e. The van der Waals surface area contributed by atoms with Gasteiger partial charge >= 0.3 is 0 Å². The van der Waals surface area contributed by atoms with Gasteiger partial charge in [-0.1, -0.05) is 30.3 Å². The molecule has 0 atom stereocenters. The SMILES string of the molecule is O=C(c1csc(-c2ccccc2)n1)N1CCN(c2cc3c(nn2)CCC3)CC1. The molecule has 0 bridgehead atoms. The lowest BCUT2D eigenvalue weighted by Crippen LogP contribution is -2.49. The van der Waals surface area contributed by atoms with Crippen LogP contribution in [-0.2, 0) is 12.8 Å². The Morgan fingerprint density at radius 1 is 1.00 bits per heavy atom. The number of fused-ring (bicyclic) bond motifs is 1. The van der Waals surface area contributed by atoms with Crippen LogP contribution in [0, 0.1) is 0 Å². The van der Waals surface area contributed by atoms with Gasteiger partial charge in [0.25, 0.3) is 5.91 Å². The van der Waals surface area contributed by atoms with Crippen LogP contribution in [0.3, 0.4) is 0 Å². The molecule has 1 aromatic carbocycles. The molecule has 6 nitrogen and oxygen atoms in total. The molecule has 1 amide bonds. The third kappa shape index (κ3) is 3.26. The average molecular weight is 392 g/mol. The summed E-state index contributed by atoms with van der Waals surface area (Å²) in [5.41, 5.74) is 4.07. The van der Waals surface area contributed by atoms with E-state index in [1.807, 2.05) is 40.6 Å². The van der Waals surface area contributed by atoms with E-state index in [1.54, 1.807) is 0 Å². The number of hydrogen-bond donors (Lipinski definition) is 0. The Morgan fingerprint density at radius 3 is 2.64 bits per heavy atom. The molecule has 0 unspecified atom stereocenters. The number of hydrogen-bond acceptors (Lipinski definition) is 6. The molecule has 1 aliphatic heterocycles. The van der Waals surface area contributed by atoms with E-state index < -0.39 is 0 Å². The highest BCUT2D eigenvalue weighted by Crippen LogP contribution is 2.25. The summed E-state index contributed by atoms with van der Waals surface area (Å²) in [4.78, 5) is 21.5. The van der Waals surface area contributed by atoms with Gasteiger partial charge in [-0.05, 0) is 30.9 Å². The third-order valence-electron chi connectivity index (χ3n) is 5.44. The molecule has 1 saturated heterocycles. The molecule has 5 rings (SSSR count). The maximum atomic E-state index is 12.9. The van der Waals surface area contributed by atoms with Gasteiger partial charge in [0.15, 0.2) is 5.82 Å². The Kier molecular flexibility index (Phi) is 4.52. The van der Waals surface area contributed by atoms with Crippen molar-refractivity contribution in [3.05, 3.63) is 58.7 Å². The van der Waals surface area contributed by atoms with Crippen molar-refractivity contribution in [1.29, 1.82) is 0 Å². The second-order valence-corrected chi connectivity index (χ2v) is 8.07. The first-order valence-corrected chi connectivity index (χ1v) is 10.6. The molecule has 1 aliphatic carbocycles. The number of thiazole rings is 1. The van der Waals surface area contributed by atoms with E-state index in [1.165, 1.54) is 23.3 Å². The summed E-state index contributed by atoms with van der Waals surface area (Å²) >= 11 is 1.52. The van der Waals surface area contributed by atoms with Gasteiger partial charge in [0.2, 0.25) is 0 Å². The van der Waals surface area contributed by atoms with E-state index in [9.17, 15) is 4.79 Å². The van der Waals surface area contributed by atoms with Gasteiger partial charge in [0.1, 0.15) is 10.7 Å². The quantitative estimate of drug-likeness (QED) is 0.687. The molecule has 2 aromatic heterocycles. The second-order valence-electron chi connectivity index (χ2n) is 7.21. The number of rotatable bonds is 3. The summed E-state index contributed by atoms with van der Waals surface area (Å²) in [5.74, 6) is 0.950. The lowest BCUT2D eigenvalue weighted by molar-refractivity contribution is 0.0741. The summed E-state index contributed by atoms with van der Waals surface area (Å²) in [6.45, 7) is 2.90. The van der Waals surface area contributed by atoms with Crippen molar-refractivity contribution in [2.75, 3.05) is 31.1 Å². The number of anilines is 1. The van der Waals surface area contributed by atoms with Crippen LogP contribution < -0.4 is 4.90 Å². The molecular formula is C21H21N5OS. The minimum absolute atomic E-state index is 0.0121. The number of benzene rings is 1. The third-order valence-corrected chi connectivity index (χ3v) is 6.33. The number of carbonyl (C=O) groups is 1. The molecule has 3 aromatic rings. The first kappa shape index (κ1) is 17.3. The van der Waals surface area contributed by atoms with Crippen molar-refractivity contribution >= 4 is 23.1 Å². The van der Waals surface area contributed by atoms with Crippen LogP contribution in [0.15, 0.2) is 41.8 Å². The highest BCUT2D eigenvalue weighted by atomic mass is 32.1. The molecule has 28 heavy (non-hydrogen) atoms. The van der Waals surface area contributed by atoms with Gasteiger partial charge in [0, 0.05) is 37.1 Å². The van der Waals surface area contributed by atoms with E-state index in [2.05, 4.69) is 26.1 Å². The minimum atomic E-state index is 0.0121. The van der Waals surface area contributed by atoms with Gasteiger partial charge in [-0.3, -0.25) is 4.79 Å². The van der Waals surface area contributed by atoms with E-state index in [0.29, 0.717) is 18.8 Å². The van der Waals surface area contributed by atoms with Crippen LogP contribution in [0.25, 0.3) is 10.6 Å². The maximum absolute atomic E-state index is 12.9. The normalized spacial score (nSPS) is 16.3. The van der Waals surface area contributed by atoms with Crippen LogP contribution in [0.2, 0.25) is 0 Å². The Morgan fingerprint density at radius 2 is 1.82 bits per heavy atom. The van der Waals surface area contributed by atoms with E-state index in [-0.39, 0.29) is 5.91 Å². The van der Waals surface area contributed by atoms with Crippen LogP contribution >= 0.6 is 11.3 Å². The van der Waals surface area contributed by atoms with Crippen molar-refractivity contribution < 1.29 is 4.79 Å². The van der Waals surface area contributed by atoms with Gasteiger partial charge in [-0.25, -0.2) is 4.98 Å². The maximum Gasteiger partial charge on any atom is 0.273 e. The monoisotopic (exact) mass is 391 g/mol. The number of amides is 1. The standard InChI is InChI=1S/C21H21N5OS/c27-21(18-14-28-20(22-18)15-5-2-1-3-6-15)26-11-9-25(10-12-26)19-13-16-7-4-8-17(16)23-24-19/h1-3,5-6,13-14H,4,7-12H2. The van der Waals surface area contributed by atoms with Gasteiger partial charge in [-0.15, -0.1) is 16.4 Å². The Labute approximate surface area is 167 Å². The zero-order chi connectivity index (χ0) is 18.9. The predicted octanol–water partition coefficient (Wildman–Crippen LogP) is 3.05. The predicted molar refractivity (Wildman–Crippen MR) is 110 cm³/mol. The number of aryl methyl sites for hydroxylation is 2. The lowest BCUT2D eigenvalue weighted by atomic mass is 10.2. The van der Waals surface area contributed by atoms with Crippen LogP contribution in [0.4, 0.5) is 5.82 Å². The number of nitrogens with zero attached hydrogens (tertiary/aromatic N) is 5. The second kappa shape index (κ2) is 7.31. The van der Waals surface area contributed by atoms with Gasteiger partial charge in [0.05, 0.1) is 5.69 Å². The Bertz CT molecular complexity index is 995. The average Bonchev–Trinajstić information content (AvgIpc) is 3.43. The zero-order valence-corrected chi connectivity index (χ0v) is 16.4. The molecule has 2 aliphatic rings. The highest BCUT2D eigenvalue weighted by molar-refractivity contribution is 7.13. The van der Waals surface area contributed by atoms with Crippen molar-refractivity contribution in [3.8, 4) is 10.6 Å². The minimum Gasteiger partial charge on any atom is -0.352 e. The van der Waals surface area contributed by atoms with Crippen molar-refractivity contribution in [2.24, 2.45) is 0 Å². The number of piperazine rings is 1. The highest BCUT2D eigenvalue weighted by Gasteiger charge is 2.25. The number of carbonyl (C=O) groups excluding carboxylic acids is 1. The summed E-state index contributed by atoms with van der Waals surface area (Å²) in [7, 11) is 0. The van der Waals surface area contributed by atoms with Gasteiger partial charge in [-0.2, -0.15) is 5.10 Å². The fourth-order valence-corrected chi connectivity index (χ4v) is 4.66. The molecule has 7 heteroatoms. The Balaban J connectivity index is 1.24. The summed E-state index contributed by atoms with van der Waals surface area (Å²) in [6.07, 6.45) is 3.32. The van der Waals surface area contributed by atoms with Gasteiger partial charge < -0.3 is 9.80 Å². The topological polar surface area (TPSA) is 62.2 Å². The first-order chi connectivity index (χ1) is 13.8. The summed E-state index contributed by atoms with van der Waals surface area (Å²) in [6, 6.07) is 12.2. The van der Waals surface area contributed by atoms with E-state index in [4.69, 9.17) is 0 Å². The molecule has 0 spiro atoms. The Hall–Kier alpha value is -2.80. The first-order valence-electron chi connectivity index (χ1n) is 9.68. The fraction of sp³-hybridized carbons (Fsp3) is 0.333. The molecule has 142 valence electrons. The summed E-state index contributed by atoms with van der Waals surface area (Å²) < 4.78 is 0. The molecule has 0 saturated carbocycles. The fourth-order valence-electron chi connectivity index (χ4n) is 3.86. The van der Waals surface area contributed by atoms with Crippen LogP contribution in [0.1, 0.15) is 28.2 Å².